The van der Waals surface area contributed by atoms with Crippen LogP contribution in [0.15, 0.2) is 24.3 Å². The first-order valence-electron chi connectivity index (χ1n) is 4.80. The minimum Gasteiger partial charge on any atom is -0.464 e. The first kappa shape index (κ1) is 11.8. The van der Waals surface area contributed by atoms with Crippen molar-refractivity contribution in [3.8, 4) is 0 Å². The lowest BCUT2D eigenvalue weighted by molar-refractivity contribution is -0.149. The first-order chi connectivity index (χ1) is 6.98. The number of hydrogen-bond donors (Lipinski definition) is 1. The Bertz CT molecular complexity index is 346. The molecule has 4 heteroatoms. The number of hydrogen-bond acceptors (Lipinski definition) is 3. The zero-order valence-corrected chi connectivity index (χ0v) is 8.99. The lowest BCUT2D eigenvalue weighted by atomic mass is 9.89. The van der Waals surface area contributed by atoms with Gasteiger partial charge in [0.15, 0.2) is 0 Å². The SMILES string of the molecule is [B]c1ccc(C(C)(N)C(=O)OCC)cc1. The topological polar surface area (TPSA) is 52.3 Å². The van der Waals surface area contributed by atoms with Crippen molar-refractivity contribution in [1.82, 2.24) is 0 Å². The van der Waals surface area contributed by atoms with E-state index < -0.39 is 11.5 Å². The summed E-state index contributed by atoms with van der Waals surface area (Å²) >= 11 is 0. The van der Waals surface area contributed by atoms with E-state index in [4.69, 9.17) is 18.3 Å². The molecule has 1 unspecified atom stereocenters. The molecule has 0 saturated carbocycles. The second kappa shape index (κ2) is 4.49. The van der Waals surface area contributed by atoms with E-state index in [1.165, 1.54) is 0 Å². The summed E-state index contributed by atoms with van der Waals surface area (Å²) in [5.74, 6) is -0.435. The predicted molar refractivity (Wildman–Crippen MR) is 60.0 cm³/mol. The van der Waals surface area contributed by atoms with E-state index in [2.05, 4.69) is 0 Å². The molecule has 0 aromatic heterocycles. The summed E-state index contributed by atoms with van der Waals surface area (Å²) in [4.78, 5) is 11.6. The van der Waals surface area contributed by atoms with Crippen LogP contribution in [0.1, 0.15) is 19.4 Å². The van der Waals surface area contributed by atoms with Gasteiger partial charge in [-0.05, 0) is 19.4 Å². The fourth-order valence-corrected chi connectivity index (χ4v) is 1.23. The van der Waals surface area contributed by atoms with Crippen LogP contribution in [0, 0.1) is 0 Å². The van der Waals surface area contributed by atoms with Gasteiger partial charge in [-0.2, -0.15) is 0 Å². The molecule has 0 aliphatic heterocycles. The van der Waals surface area contributed by atoms with Crippen molar-refractivity contribution in [2.75, 3.05) is 6.61 Å². The summed E-state index contributed by atoms with van der Waals surface area (Å²) in [5.41, 5.74) is 6.11. The van der Waals surface area contributed by atoms with Crippen molar-refractivity contribution in [2.24, 2.45) is 5.73 Å². The van der Waals surface area contributed by atoms with Crippen molar-refractivity contribution < 1.29 is 9.53 Å². The van der Waals surface area contributed by atoms with E-state index in [0.29, 0.717) is 17.6 Å². The summed E-state index contributed by atoms with van der Waals surface area (Å²) in [5, 5.41) is 0. The maximum absolute atomic E-state index is 11.6. The lowest BCUT2D eigenvalue weighted by Gasteiger charge is -2.22. The van der Waals surface area contributed by atoms with Crippen LogP contribution < -0.4 is 11.2 Å². The Kier molecular flexibility index (Phi) is 3.53. The number of nitrogens with two attached hydrogens (primary N) is 1. The first-order valence-corrected chi connectivity index (χ1v) is 4.80. The number of carbonyl (C=O) groups is 1. The molecule has 0 heterocycles. The maximum Gasteiger partial charge on any atom is 0.330 e. The van der Waals surface area contributed by atoms with Crippen LogP contribution in [0.5, 0.6) is 0 Å². The Morgan fingerprint density at radius 1 is 1.47 bits per heavy atom. The van der Waals surface area contributed by atoms with Gasteiger partial charge >= 0.3 is 5.97 Å². The minimum atomic E-state index is -1.12. The molecule has 0 aliphatic carbocycles. The molecule has 2 radical (unpaired) electrons. The fourth-order valence-electron chi connectivity index (χ4n) is 1.23. The Morgan fingerprint density at radius 3 is 2.47 bits per heavy atom. The molecule has 0 fully saturated rings. The molecule has 1 aromatic rings. The molecule has 1 rings (SSSR count). The molecule has 2 N–H and O–H groups in total. The third kappa shape index (κ3) is 2.60. The van der Waals surface area contributed by atoms with E-state index in [9.17, 15) is 4.79 Å². The fraction of sp³-hybridized carbons (Fsp3) is 0.364. The van der Waals surface area contributed by atoms with Crippen molar-refractivity contribution in [3.63, 3.8) is 0 Å². The Labute approximate surface area is 91.0 Å². The average molecular weight is 203 g/mol. The van der Waals surface area contributed by atoms with Crippen LogP contribution >= 0.6 is 0 Å². The third-order valence-corrected chi connectivity index (χ3v) is 2.21. The number of rotatable bonds is 3. The zero-order chi connectivity index (χ0) is 11.5. The number of esters is 1. The van der Waals surface area contributed by atoms with Crippen molar-refractivity contribution in [3.05, 3.63) is 29.8 Å². The van der Waals surface area contributed by atoms with Crippen molar-refractivity contribution in [1.29, 1.82) is 0 Å². The van der Waals surface area contributed by atoms with E-state index in [1.54, 1.807) is 38.1 Å². The van der Waals surface area contributed by atoms with Crippen LogP contribution in [0.4, 0.5) is 0 Å². The van der Waals surface area contributed by atoms with Crippen molar-refractivity contribution in [2.45, 2.75) is 19.4 Å². The Balaban J connectivity index is 2.94. The molecule has 0 spiro atoms. The van der Waals surface area contributed by atoms with Gasteiger partial charge in [-0.25, -0.2) is 4.79 Å². The summed E-state index contributed by atoms with van der Waals surface area (Å²) < 4.78 is 4.90. The number of carbonyl (C=O) groups excluding carboxylic acids is 1. The highest BCUT2D eigenvalue weighted by molar-refractivity contribution is 6.32. The molecule has 0 saturated heterocycles. The number of ether oxygens (including phenoxy) is 1. The normalized spacial score (nSPS) is 14.3. The van der Waals surface area contributed by atoms with Crippen LogP contribution in [-0.4, -0.2) is 20.4 Å². The van der Waals surface area contributed by atoms with Gasteiger partial charge in [0.05, 0.1) is 6.61 Å². The van der Waals surface area contributed by atoms with Crippen LogP contribution in [0.25, 0.3) is 0 Å². The Morgan fingerprint density at radius 2 is 2.00 bits per heavy atom. The molecule has 78 valence electrons. The standard InChI is InChI=1S/C11H14BNO2/c1-3-15-10(14)11(2,13)8-4-6-9(12)7-5-8/h4-7H,3,13H2,1-2H3. The van der Waals surface area contributed by atoms with Gasteiger partial charge in [0.25, 0.3) is 0 Å². The summed E-state index contributed by atoms with van der Waals surface area (Å²) in [6.07, 6.45) is 0. The molecular formula is C11H14BNO2. The highest BCUT2D eigenvalue weighted by Gasteiger charge is 2.31. The summed E-state index contributed by atoms with van der Waals surface area (Å²) in [6, 6.07) is 6.87. The van der Waals surface area contributed by atoms with Crippen LogP contribution in [-0.2, 0) is 15.1 Å². The van der Waals surface area contributed by atoms with Gasteiger partial charge in [0.1, 0.15) is 13.4 Å². The van der Waals surface area contributed by atoms with Gasteiger partial charge in [-0.3, -0.25) is 0 Å². The lowest BCUT2D eigenvalue weighted by Crippen LogP contribution is -2.43. The van der Waals surface area contributed by atoms with Crippen molar-refractivity contribution >= 4 is 19.3 Å². The second-order valence-corrected chi connectivity index (χ2v) is 3.54. The van der Waals surface area contributed by atoms with Gasteiger partial charge in [-0.15, -0.1) is 0 Å². The molecule has 1 aromatic carbocycles. The molecule has 0 bridgehead atoms. The van der Waals surface area contributed by atoms with E-state index >= 15 is 0 Å². The smallest absolute Gasteiger partial charge is 0.330 e. The molecule has 15 heavy (non-hydrogen) atoms. The highest BCUT2D eigenvalue weighted by Crippen LogP contribution is 2.18. The zero-order valence-electron chi connectivity index (χ0n) is 8.99. The minimum absolute atomic E-state index is 0.320. The molecule has 0 amide bonds. The third-order valence-electron chi connectivity index (χ3n) is 2.21. The molecule has 1 atom stereocenters. The predicted octanol–water partition coefficient (Wildman–Crippen LogP) is 0.217. The van der Waals surface area contributed by atoms with E-state index in [0.717, 1.165) is 0 Å². The molecule has 3 nitrogen and oxygen atoms in total. The molecular weight excluding hydrogens is 189 g/mol. The quantitative estimate of drug-likeness (QED) is 0.564. The number of benzene rings is 1. The van der Waals surface area contributed by atoms with Gasteiger partial charge in [0.2, 0.25) is 0 Å². The van der Waals surface area contributed by atoms with Crippen LogP contribution in [0.3, 0.4) is 0 Å². The van der Waals surface area contributed by atoms with Gasteiger partial charge in [-0.1, -0.05) is 29.7 Å². The maximum atomic E-state index is 11.6. The molecule has 0 aliphatic rings. The van der Waals surface area contributed by atoms with E-state index in [1.807, 2.05) is 0 Å². The van der Waals surface area contributed by atoms with Crippen LogP contribution in [0.2, 0.25) is 0 Å². The Hall–Kier alpha value is -1.29. The van der Waals surface area contributed by atoms with Gasteiger partial charge in [0, 0.05) is 0 Å². The summed E-state index contributed by atoms with van der Waals surface area (Å²) in [7, 11) is 5.55. The monoisotopic (exact) mass is 203 g/mol. The van der Waals surface area contributed by atoms with Gasteiger partial charge < -0.3 is 10.5 Å². The summed E-state index contributed by atoms with van der Waals surface area (Å²) in [6.45, 7) is 3.69. The highest BCUT2D eigenvalue weighted by atomic mass is 16.5. The van der Waals surface area contributed by atoms with E-state index in [-0.39, 0.29) is 0 Å². The average Bonchev–Trinajstić information content (AvgIpc) is 2.18. The largest absolute Gasteiger partial charge is 0.464 e. The second-order valence-electron chi connectivity index (χ2n) is 3.54.